The van der Waals surface area contributed by atoms with Crippen LogP contribution in [0.4, 0.5) is 17.6 Å². The van der Waals surface area contributed by atoms with Crippen LogP contribution in [-0.4, -0.2) is 5.78 Å². The Morgan fingerprint density at radius 3 is 1.68 bits per heavy atom. The molecule has 0 heterocycles. The molecule has 0 amide bonds. The van der Waals surface area contributed by atoms with E-state index in [9.17, 15) is 18.0 Å². The lowest BCUT2D eigenvalue weighted by Gasteiger charge is -2.38. The third-order valence-electron chi connectivity index (χ3n) is 10.4. The lowest BCUT2D eigenvalue weighted by atomic mass is 9.68. The van der Waals surface area contributed by atoms with Gasteiger partial charge in [0.15, 0.2) is 5.78 Å². The van der Waals surface area contributed by atoms with Gasteiger partial charge in [0.1, 0.15) is 11.4 Å². The topological polar surface area (TPSA) is 17.1 Å². The van der Waals surface area contributed by atoms with Crippen molar-refractivity contribution in [2.75, 3.05) is 0 Å². The van der Waals surface area contributed by atoms with Gasteiger partial charge in [-0.2, -0.15) is 13.2 Å². The van der Waals surface area contributed by atoms with Crippen LogP contribution in [0.3, 0.4) is 0 Å². The number of hydrogen-bond acceptors (Lipinski definition) is 1. The minimum absolute atomic E-state index is 0.0972. The highest BCUT2D eigenvalue weighted by atomic mass is 19.4. The smallest absolute Gasteiger partial charge is 0.294 e. The lowest BCUT2D eigenvalue weighted by molar-refractivity contribution is -0.140. The van der Waals surface area contributed by atoms with Crippen LogP contribution in [-0.2, 0) is 6.18 Å². The van der Waals surface area contributed by atoms with E-state index in [-0.39, 0.29) is 23.8 Å². The maximum Gasteiger partial charge on any atom is 0.419 e. The third kappa shape index (κ3) is 7.22. The average molecular weight is 537 g/mol. The maximum absolute atomic E-state index is 15.5. The molecule has 3 aliphatic rings. The molecule has 0 N–H and O–H groups in total. The Morgan fingerprint density at radius 1 is 0.737 bits per heavy atom. The number of hydrogen-bond donors (Lipinski definition) is 0. The highest BCUT2D eigenvalue weighted by molar-refractivity contribution is 5.98. The maximum atomic E-state index is 15.5. The van der Waals surface area contributed by atoms with E-state index in [1.165, 1.54) is 50.7 Å². The lowest BCUT2D eigenvalue weighted by Crippen LogP contribution is -2.27. The molecule has 38 heavy (non-hydrogen) atoms. The third-order valence-corrected chi connectivity index (χ3v) is 10.4. The molecule has 0 aromatic heterocycles. The summed E-state index contributed by atoms with van der Waals surface area (Å²) < 4.78 is 57.8. The van der Waals surface area contributed by atoms with E-state index in [4.69, 9.17) is 0 Å². The largest absolute Gasteiger partial charge is 0.419 e. The molecule has 0 unspecified atom stereocenters. The molecule has 1 aromatic carbocycles. The molecule has 0 bridgehead atoms. The van der Waals surface area contributed by atoms with Crippen molar-refractivity contribution in [1.29, 1.82) is 0 Å². The van der Waals surface area contributed by atoms with Crippen LogP contribution in [0.1, 0.15) is 150 Å². The number of alkyl halides is 3. The van der Waals surface area contributed by atoms with E-state index < -0.39 is 28.9 Å². The number of carbonyl (C=O) groups is 1. The van der Waals surface area contributed by atoms with Gasteiger partial charge in [-0.3, -0.25) is 4.79 Å². The first-order valence-corrected chi connectivity index (χ1v) is 15.6. The number of Topliss-reactive ketones (excluding diaryl/α,β-unsaturated/α-hetero) is 1. The van der Waals surface area contributed by atoms with Crippen LogP contribution in [0.15, 0.2) is 12.1 Å². The molecule has 1 aromatic rings. The van der Waals surface area contributed by atoms with Gasteiger partial charge in [-0.15, -0.1) is 0 Å². The zero-order valence-electron chi connectivity index (χ0n) is 23.6. The van der Waals surface area contributed by atoms with Crippen molar-refractivity contribution in [1.82, 2.24) is 0 Å². The van der Waals surface area contributed by atoms with E-state index in [1.54, 1.807) is 0 Å². The van der Waals surface area contributed by atoms with Gasteiger partial charge < -0.3 is 0 Å². The predicted octanol–water partition coefficient (Wildman–Crippen LogP) is 10.9. The van der Waals surface area contributed by atoms with E-state index in [0.717, 1.165) is 76.0 Å². The first-order valence-electron chi connectivity index (χ1n) is 15.6. The summed E-state index contributed by atoms with van der Waals surface area (Å²) in [5.41, 5.74) is -1.64. The first-order chi connectivity index (χ1) is 18.2. The fourth-order valence-electron chi connectivity index (χ4n) is 8.18. The quantitative estimate of drug-likeness (QED) is 0.227. The Bertz CT molecular complexity index is 898. The summed E-state index contributed by atoms with van der Waals surface area (Å²) >= 11 is 0. The number of rotatable bonds is 9. The average Bonchev–Trinajstić information content (AvgIpc) is 2.90. The fourth-order valence-corrected chi connectivity index (χ4v) is 8.18. The molecule has 3 fully saturated rings. The van der Waals surface area contributed by atoms with Crippen molar-refractivity contribution in [2.45, 2.75) is 135 Å². The SMILES string of the molecule is CCCC1CCC(c2ccc(C(=O)CC3CCC(C4CCC(CCC)CC4)CC3)c(C(F)(F)F)c2F)CC1. The van der Waals surface area contributed by atoms with Crippen LogP contribution in [0.5, 0.6) is 0 Å². The minimum Gasteiger partial charge on any atom is -0.294 e. The second-order valence-corrected chi connectivity index (χ2v) is 12.9. The van der Waals surface area contributed by atoms with Gasteiger partial charge in [-0.1, -0.05) is 64.5 Å². The van der Waals surface area contributed by atoms with Crippen LogP contribution >= 0.6 is 0 Å². The number of ketones is 1. The van der Waals surface area contributed by atoms with Gasteiger partial charge >= 0.3 is 6.18 Å². The summed E-state index contributed by atoms with van der Waals surface area (Å²) in [4.78, 5) is 13.1. The van der Waals surface area contributed by atoms with E-state index in [1.807, 2.05) is 0 Å². The van der Waals surface area contributed by atoms with Gasteiger partial charge in [0, 0.05) is 12.0 Å². The second-order valence-electron chi connectivity index (χ2n) is 12.9. The molecule has 1 nitrogen and oxygen atoms in total. The van der Waals surface area contributed by atoms with Crippen LogP contribution in [0.25, 0.3) is 0 Å². The van der Waals surface area contributed by atoms with Crippen LogP contribution in [0, 0.1) is 35.4 Å². The Hall–Kier alpha value is -1.39. The summed E-state index contributed by atoms with van der Waals surface area (Å²) in [6.07, 6.45) is 12.6. The molecule has 3 aliphatic carbocycles. The zero-order valence-corrected chi connectivity index (χ0v) is 23.6. The minimum atomic E-state index is -4.88. The molecule has 0 spiro atoms. The monoisotopic (exact) mass is 536 g/mol. The number of carbonyl (C=O) groups excluding carboxylic acids is 1. The normalized spacial score (nSPS) is 30.8. The summed E-state index contributed by atoms with van der Waals surface area (Å²) in [6, 6.07) is 2.76. The van der Waals surface area contributed by atoms with Crippen molar-refractivity contribution in [3.63, 3.8) is 0 Å². The molecule has 0 saturated heterocycles. The van der Waals surface area contributed by atoms with Crippen LogP contribution in [0.2, 0.25) is 0 Å². The van der Waals surface area contributed by atoms with Gasteiger partial charge in [0.25, 0.3) is 0 Å². The molecular weight excluding hydrogens is 488 g/mol. The molecule has 3 saturated carbocycles. The van der Waals surface area contributed by atoms with Gasteiger partial charge in [-0.05, 0) is 105 Å². The molecule has 0 atom stereocenters. The summed E-state index contributed by atoms with van der Waals surface area (Å²) in [7, 11) is 0. The summed E-state index contributed by atoms with van der Waals surface area (Å²) in [5, 5.41) is 0. The Kier molecular flexibility index (Phi) is 10.4. The van der Waals surface area contributed by atoms with E-state index in [2.05, 4.69) is 13.8 Å². The van der Waals surface area contributed by atoms with Crippen molar-refractivity contribution < 1.29 is 22.4 Å². The molecular formula is C33H48F4O. The Morgan fingerprint density at radius 2 is 1.21 bits per heavy atom. The van der Waals surface area contributed by atoms with Gasteiger partial charge in [0.05, 0.1) is 0 Å². The Labute approximate surface area is 227 Å². The summed E-state index contributed by atoms with van der Waals surface area (Å²) in [5.74, 6) is 1.11. The Balaban J connectivity index is 1.37. The molecule has 0 radical (unpaired) electrons. The molecule has 214 valence electrons. The predicted molar refractivity (Wildman–Crippen MR) is 146 cm³/mol. The summed E-state index contributed by atoms with van der Waals surface area (Å²) in [6.45, 7) is 4.40. The van der Waals surface area contributed by atoms with Crippen molar-refractivity contribution in [2.24, 2.45) is 29.6 Å². The van der Waals surface area contributed by atoms with Crippen molar-refractivity contribution >= 4 is 5.78 Å². The first kappa shape index (κ1) is 29.6. The van der Waals surface area contributed by atoms with E-state index >= 15 is 4.39 Å². The molecule has 0 aliphatic heterocycles. The van der Waals surface area contributed by atoms with Gasteiger partial charge in [-0.25, -0.2) is 4.39 Å². The number of halogens is 4. The molecule has 5 heteroatoms. The van der Waals surface area contributed by atoms with Crippen molar-refractivity contribution in [3.8, 4) is 0 Å². The van der Waals surface area contributed by atoms with Gasteiger partial charge in [0.2, 0.25) is 0 Å². The highest BCUT2D eigenvalue weighted by Crippen LogP contribution is 2.45. The number of benzene rings is 1. The zero-order chi connectivity index (χ0) is 27.3. The second kappa shape index (κ2) is 13.3. The fraction of sp³-hybridized carbons (Fsp3) is 0.788. The highest BCUT2D eigenvalue weighted by Gasteiger charge is 2.41. The van der Waals surface area contributed by atoms with Crippen molar-refractivity contribution in [3.05, 3.63) is 34.6 Å². The van der Waals surface area contributed by atoms with Crippen LogP contribution < -0.4 is 0 Å². The standard InChI is InChI=1S/C33H48F4O/c1-3-5-22-7-13-25(14-8-22)26-15-11-24(12-16-26)21-30(38)29-20-19-28(32(34)31(29)33(35,36)37)27-17-9-23(6-4-2)10-18-27/h19-20,22-27H,3-18,21H2,1-2H3. The molecule has 4 rings (SSSR count). The van der Waals surface area contributed by atoms with E-state index in [0.29, 0.717) is 11.8 Å².